The number of hydrogen-bond acceptors (Lipinski definition) is 5. The van der Waals surface area contributed by atoms with E-state index in [4.69, 9.17) is 9.84 Å². The first kappa shape index (κ1) is 18.6. The highest BCUT2D eigenvalue weighted by Crippen LogP contribution is 2.36. The van der Waals surface area contributed by atoms with Gasteiger partial charge in [-0.05, 0) is 43.3 Å². The van der Waals surface area contributed by atoms with Gasteiger partial charge in [-0.15, -0.1) is 0 Å². The first-order valence-electron chi connectivity index (χ1n) is 8.68. The zero-order chi connectivity index (χ0) is 18.5. The summed E-state index contributed by atoms with van der Waals surface area (Å²) in [7, 11) is 1.67. The van der Waals surface area contributed by atoms with E-state index in [2.05, 4.69) is 48.2 Å². The summed E-state index contributed by atoms with van der Waals surface area (Å²) in [6.45, 7) is 4.62. The molecule has 0 radical (unpaired) electrons. The fraction of sp³-hybridized carbons (Fsp3) is 0.350. The van der Waals surface area contributed by atoms with Crippen LogP contribution in [0.15, 0.2) is 58.3 Å². The van der Waals surface area contributed by atoms with Crippen molar-refractivity contribution in [2.45, 2.75) is 22.8 Å². The van der Waals surface area contributed by atoms with Crippen molar-refractivity contribution in [3.8, 4) is 5.75 Å². The Labute approximate surface area is 158 Å². The van der Waals surface area contributed by atoms with E-state index in [0.717, 1.165) is 30.3 Å². The number of ether oxygens (including phenoxy) is 1. The summed E-state index contributed by atoms with van der Waals surface area (Å²) in [6, 6.07) is 16.7. The number of methoxy groups -OCH3 is 1. The van der Waals surface area contributed by atoms with Crippen LogP contribution in [-0.4, -0.2) is 55.3 Å². The van der Waals surface area contributed by atoms with Crippen LogP contribution in [0.2, 0.25) is 0 Å². The maximum atomic E-state index is 11.0. The molecule has 3 rings (SSSR count). The lowest BCUT2D eigenvalue weighted by Crippen LogP contribution is -2.53. The lowest BCUT2D eigenvalue weighted by atomic mass is 10.1. The summed E-state index contributed by atoms with van der Waals surface area (Å²) >= 11 is 1.73. The number of benzene rings is 2. The van der Waals surface area contributed by atoms with Gasteiger partial charge in [0.25, 0.3) is 0 Å². The molecule has 1 N–H and O–H groups in total. The van der Waals surface area contributed by atoms with Crippen LogP contribution in [0.1, 0.15) is 6.92 Å². The first-order valence-corrected chi connectivity index (χ1v) is 9.50. The van der Waals surface area contributed by atoms with Gasteiger partial charge in [0.1, 0.15) is 5.75 Å². The molecule has 1 atom stereocenters. The largest absolute Gasteiger partial charge is 0.497 e. The molecule has 138 valence electrons. The first-order chi connectivity index (χ1) is 12.6. The minimum Gasteiger partial charge on any atom is -0.497 e. The molecule has 5 nitrogen and oxygen atoms in total. The Morgan fingerprint density at radius 2 is 1.92 bits per heavy atom. The third kappa shape index (κ3) is 4.51. The molecular weight excluding hydrogens is 348 g/mol. The predicted molar refractivity (Wildman–Crippen MR) is 104 cm³/mol. The molecule has 0 aliphatic carbocycles. The van der Waals surface area contributed by atoms with Crippen molar-refractivity contribution in [3.63, 3.8) is 0 Å². The maximum absolute atomic E-state index is 11.0. The number of rotatable bonds is 6. The van der Waals surface area contributed by atoms with Crippen LogP contribution in [0.3, 0.4) is 0 Å². The smallest absolute Gasteiger partial charge is 0.317 e. The molecule has 1 saturated heterocycles. The fourth-order valence-corrected chi connectivity index (χ4v) is 4.17. The van der Waals surface area contributed by atoms with Crippen LogP contribution >= 0.6 is 11.8 Å². The van der Waals surface area contributed by atoms with Crippen LogP contribution in [0, 0.1) is 0 Å². The van der Waals surface area contributed by atoms with E-state index >= 15 is 0 Å². The van der Waals surface area contributed by atoms with E-state index in [0.29, 0.717) is 0 Å². The van der Waals surface area contributed by atoms with Crippen molar-refractivity contribution in [3.05, 3.63) is 48.5 Å². The molecule has 0 spiro atoms. The Morgan fingerprint density at radius 3 is 2.58 bits per heavy atom. The normalized spacial score (nSPS) is 17.9. The summed E-state index contributed by atoms with van der Waals surface area (Å²) in [5, 5.41) is 9.04. The van der Waals surface area contributed by atoms with Crippen LogP contribution in [0.4, 0.5) is 5.69 Å². The third-order valence-electron chi connectivity index (χ3n) is 4.60. The standard InChI is InChI=1S/C20H24N2O3S/c1-15-13-22(12-11-21(15)14-20(23)24)18-5-3-4-6-19(18)26-17-9-7-16(25-2)8-10-17/h3-10,15H,11-14H2,1-2H3,(H,23,24). The number of hydrogen-bond donors (Lipinski definition) is 1. The summed E-state index contributed by atoms with van der Waals surface area (Å²) in [5.74, 6) is 0.0896. The molecule has 1 aliphatic heterocycles. The SMILES string of the molecule is COc1ccc(Sc2ccccc2N2CCN(CC(=O)O)C(C)C2)cc1. The molecule has 26 heavy (non-hydrogen) atoms. The van der Waals surface area contributed by atoms with Crippen molar-refractivity contribution in [2.24, 2.45) is 0 Å². The number of anilines is 1. The van der Waals surface area contributed by atoms with Crippen LogP contribution < -0.4 is 9.64 Å². The Hall–Kier alpha value is -2.18. The molecule has 0 bridgehead atoms. The number of para-hydroxylation sites is 1. The van der Waals surface area contributed by atoms with Crippen molar-refractivity contribution in [2.75, 3.05) is 38.2 Å². The van der Waals surface area contributed by atoms with E-state index in [1.807, 2.05) is 17.0 Å². The van der Waals surface area contributed by atoms with E-state index < -0.39 is 5.97 Å². The van der Waals surface area contributed by atoms with Gasteiger partial charge in [0, 0.05) is 35.5 Å². The summed E-state index contributed by atoms with van der Waals surface area (Å²) in [4.78, 5) is 17.7. The molecular formula is C20H24N2O3S. The van der Waals surface area contributed by atoms with Crippen molar-refractivity contribution in [1.29, 1.82) is 0 Å². The van der Waals surface area contributed by atoms with Gasteiger partial charge in [0.2, 0.25) is 0 Å². The van der Waals surface area contributed by atoms with Crippen LogP contribution in [0.25, 0.3) is 0 Å². The van der Waals surface area contributed by atoms with Gasteiger partial charge < -0.3 is 14.7 Å². The van der Waals surface area contributed by atoms with Crippen LogP contribution in [0.5, 0.6) is 5.75 Å². The molecule has 1 heterocycles. The predicted octanol–water partition coefficient (Wildman–Crippen LogP) is 3.44. The van der Waals surface area contributed by atoms with E-state index in [1.54, 1.807) is 18.9 Å². The second-order valence-electron chi connectivity index (χ2n) is 6.40. The molecule has 1 unspecified atom stereocenters. The second-order valence-corrected chi connectivity index (χ2v) is 7.52. The Bertz CT molecular complexity index is 751. The van der Waals surface area contributed by atoms with Gasteiger partial charge in [-0.25, -0.2) is 0 Å². The minimum atomic E-state index is -0.763. The highest BCUT2D eigenvalue weighted by Gasteiger charge is 2.26. The summed E-state index contributed by atoms with van der Waals surface area (Å²) in [5.41, 5.74) is 1.20. The zero-order valence-electron chi connectivity index (χ0n) is 15.1. The second kappa shape index (κ2) is 8.47. The lowest BCUT2D eigenvalue weighted by Gasteiger charge is -2.40. The maximum Gasteiger partial charge on any atom is 0.317 e. The van der Waals surface area contributed by atoms with E-state index in [9.17, 15) is 4.79 Å². The molecule has 1 aliphatic rings. The van der Waals surface area contributed by atoms with Gasteiger partial charge in [-0.3, -0.25) is 9.69 Å². The monoisotopic (exact) mass is 372 g/mol. The van der Waals surface area contributed by atoms with Crippen molar-refractivity contribution >= 4 is 23.4 Å². The fourth-order valence-electron chi connectivity index (χ4n) is 3.20. The molecule has 2 aromatic rings. The Kier molecular flexibility index (Phi) is 6.06. The number of aliphatic carboxylic acids is 1. The molecule has 2 aromatic carbocycles. The van der Waals surface area contributed by atoms with Crippen molar-refractivity contribution < 1.29 is 14.6 Å². The van der Waals surface area contributed by atoms with Gasteiger partial charge in [-0.2, -0.15) is 0 Å². The summed E-state index contributed by atoms with van der Waals surface area (Å²) < 4.78 is 5.22. The van der Waals surface area contributed by atoms with Crippen LogP contribution in [-0.2, 0) is 4.79 Å². The van der Waals surface area contributed by atoms with Gasteiger partial charge >= 0.3 is 5.97 Å². The molecule has 6 heteroatoms. The minimum absolute atomic E-state index is 0.108. The number of carboxylic acids is 1. The van der Waals surface area contributed by atoms with Crippen molar-refractivity contribution in [1.82, 2.24) is 4.90 Å². The summed E-state index contributed by atoms with van der Waals surface area (Å²) in [6.07, 6.45) is 0. The van der Waals surface area contributed by atoms with Gasteiger partial charge in [0.15, 0.2) is 0 Å². The van der Waals surface area contributed by atoms with E-state index in [-0.39, 0.29) is 12.6 Å². The molecule has 0 amide bonds. The average Bonchev–Trinajstić information content (AvgIpc) is 2.64. The van der Waals surface area contributed by atoms with Gasteiger partial charge in [-0.1, -0.05) is 23.9 Å². The highest BCUT2D eigenvalue weighted by molar-refractivity contribution is 7.99. The topological polar surface area (TPSA) is 53.0 Å². The molecule has 0 aromatic heterocycles. The van der Waals surface area contributed by atoms with E-state index in [1.165, 1.54) is 10.6 Å². The number of carbonyl (C=O) groups is 1. The lowest BCUT2D eigenvalue weighted by molar-refractivity contribution is -0.138. The number of carboxylic acid groups (broad SMARTS) is 1. The number of nitrogens with zero attached hydrogens (tertiary/aromatic N) is 2. The molecule has 0 saturated carbocycles. The Morgan fingerprint density at radius 1 is 1.19 bits per heavy atom. The van der Waals surface area contributed by atoms with Gasteiger partial charge in [0.05, 0.1) is 19.3 Å². The highest BCUT2D eigenvalue weighted by atomic mass is 32.2. The Balaban J connectivity index is 1.74. The average molecular weight is 372 g/mol. The quantitative estimate of drug-likeness (QED) is 0.838. The molecule has 1 fully saturated rings. The number of piperazine rings is 1. The third-order valence-corrected chi connectivity index (χ3v) is 5.67. The zero-order valence-corrected chi connectivity index (χ0v) is 15.9.